The van der Waals surface area contributed by atoms with Crippen LogP contribution in [0.25, 0.3) is 5.69 Å². The molecule has 9 nitrogen and oxygen atoms in total. The van der Waals surface area contributed by atoms with Crippen molar-refractivity contribution in [2.45, 2.75) is 19.8 Å². The molecule has 3 aromatic rings. The fourth-order valence-electron chi connectivity index (χ4n) is 4.10. The molecule has 5 rings (SSSR count). The Balaban J connectivity index is 1.25. The number of nitrogens with zero attached hydrogens (tertiary/aromatic N) is 8. The van der Waals surface area contributed by atoms with Crippen molar-refractivity contribution >= 4 is 17.7 Å². The van der Waals surface area contributed by atoms with E-state index in [1.165, 1.54) is 23.8 Å². The molecule has 0 spiro atoms. The van der Waals surface area contributed by atoms with E-state index in [1.54, 1.807) is 0 Å². The molecule has 2 fully saturated rings. The molecule has 0 aliphatic carbocycles. The maximum absolute atomic E-state index is 12.9. The van der Waals surface area contributed by atoms with Gasteiger partial charge in [-0.05, 0) is 31.9 Å². The maximum Gasteiger partial charge on any atom is 0.276 e. The van der Waals surface area contributed by atoms with Gasteiger partial charge in [-0.3, -0.25) is 4.79 Å². The Morgan fingerprint density at radius 2 is 1.65 bits per heavy atom. The smallest absolute Gasteiger partial charge is 0.276 e. The fourth-order valence-corrected chi connectivity index (χ4v) is 4.10. The summed E-state index contributed by atoms with van der Waals surface area (Å²) in [5.41, 5.74) is 2.17. The van der Waals surface area contributed by atoms with Crippen LogP contribution in [0.1, 0.15) is 29.0 Å². The third kappa shape index (κ3) is 4.08. The van der Waals surface area contributed by atoms with Gasteiger partial charge < -0.3 is 14.7 Å². The number of hydrogen-bond acceptors (Lipinski definition) is 7. The van der Waals surface area contributed by atoms with Crippen LogP contribution in [0.5, 0.6) is 0 Å². The second kappa shape index (κ2) is 8.33. The van der Waals surface area contributed by atoms with Gasteiger partial charge >= 0.3 is 0 Å². The summed E-state index contributed by atoms with van der Waals surface area (Å²) in [7, 11) is 0. The summed E-state index contributed by atoms with van der Waals surface area (Å²) in [5, 5.41) is 8.62. The first kappa shape index (κ1) is 19.5. The van der Waals surface area contributed by atoms with Crippen molar-refractivity contribution in [3.05, 3.63) is 54.0 Å². The Labute approximate surface area is 181 Å². The van der Waals surface area contributed by atoms with Gasteiger partial charge in [0.15, 0.2) is 5.69 Å². The molecule has 2 aromatic heterocycles. The van der Waals surface area contributed by atoms with Gasteiger partial charge in [0.25, 0.3) is 5.91 Å². The highest BCUT2D eigenvalue weighted by molar-refractivity contribution is 5.92. The van der Waals surface area contributed by atoms with E-state index in [1.807, 2.05) is 48.2 Å². The van der Waals surface area contributed by atoms with Crippen LogP contribution < -0.4 is 9.80 Å². The average molecular weight is 419 g/mol. The van der Waals surface area contributed by atoms with Gasteiger partial charge in [0, 0.05) is 51.0 Å². The topological polar surface area (TPSA) is 83.3 Å². The van der Waals surface area contributed by atoms with Crippen molar-refractivity contribution in [2.24, 2.45) is 0 Å². The summed E-state index contributed by atoms with van der Waals surface area (Å²) in [6, 6.07) is 11.6. The average Bonchev–Trinajstić information content (AvgIpc) is 3.52. The van der Waals surface area contributed by atoms with Crippen molar-refractivity contribution in [2.75, 3.05) is 49.1 Å². The molecular formula is C22H26N8O. The minimum Gasteiger partial charge on any atom is -0.353 e. The Hall–Kier alpha value is -3.49. The molecule has 1 amide bonds. The van der Waals surface area contributed by atoms with E-state index in [2.05, 4.69) is 25.0 Å². The van der Waals surface area contributed by atoms with Gasteiger partial charge in [-0.1, -0.05) is 18.2 Å². The summed E-state index contributed by atoms with van der Waals surface area (Å²) >= 11 is 0. The number of carbonyl (C=O) groups is 1. The molecule has 31 heavy (non-hydrogen) atoms. The molecule has 2 aliphatic rings. The Bertz CT molecular complexity index is 1050. The number of amides is 1. The van der Waals surface area contributed by atoms with Crippen molar-refractivity contribution in [3.8, 4) is 5.69 Å². The summed E-state index contributed by atoms with van der Waals surface area (Å²) in [5.74, 6) is 1.68. The van der Waals surface area contributed by atoms with E-state index in [9.17, 15) is 4.79 Å². The van der Waals surface area contributed by atoms with E-state index < -0.39 is 0 Å². The van der Waals surface area contributed by atoms with E-state index in [0.29, 0.717) is 18.8 Å². The van der Waals surface area contributed by atoms with Gasteiger partial charge in [-0.25, -0.2) is 4.98 Å². The SMILES string of the molecule is Cc1cc(N2CCN(C(=O)c3cnn(-c4ccccc4)n3)CC2)nc(N2CCCC2)n1. The first-order valence-electron chi connectivity index (χ1n) is 10.8. The van der Waals surface area contributed by atoms with Crippen molar-refractivity contribution < 1.29 is 4.79 Å². The van der Waals surface area contributed by atoms with Crippen LogP contribution in [0.2, 0.25) is 0 Å². The van der Waals surface area contributed by atoms with Gasteiger partial charge in [-0.2, -0.15) is 14.9 Å². The number of hydrogen-bond donors (Lipinski definition) is 0. The lowest BCUT2D eigenvalue weighted by Crippen LogP contribution is -2.49. The molecule has 0 unspecified atom stereocenters. The molecule has 160 valence electrons. The number of anilines is 2. The van der Waals surface area contributed by atoms with Crippen LogP contribution in [0.15, 0.2) is 42.6 Å². The number of rotatable bonds is 4. The Morgan fingerprint density at radius 3 is 2.39 bits per heavy atom. The predicted octanol–water partition coefficient (Wildman–Crippen LogP) is 1.93. The first-order chi connectivity index (χ1) is 15.2. The molecule has 0 saturated carbocycles. The van der Waals surface area contributed by atoms with E-state index in [4.69, 9.17) is 4.98 Å². The third-order valence-corrected chi connectivity index (χ3v) is 5.81. The highest BCUT2D eigenvalue weighted by atomic mass is 16.2. The second-order valence-electron chi connectivity index (χ2n) is 8.00. The van der Waals surface area contributed by atoms with Gasteiger partial charge in [-0.15, -0.1) is 5.10 Å². The maximum atomic E-state index is 12.9. The molecule has 0 radical (unpaired) electrons. The summed E-state index contributed by atoms with van der Waals surface area (Å²) in [6.07, 6.45) is 3.93. The highest BCUT2D eigenvalue weighted by Crippen LogP contribution is 2.22. The first-order valence-corrected chi connectivity index (χ1v) is 10.8. The van der Waals surface area contributed by atoms with Crippen LogP contribution in [-0.2, 0) is 0 Å². The minimum absolute atomic E-state index is 0.0848. The quantitative estimate of drug-likeness (QED) is 0.640. The lowest BCUT2D eigenvalue weighted by atomic mass is 10.2. The van der Waals surface area contributed by atoms with Crippen LogP contribution in [0.4, 0.5) is 11.8 Å². The van der Waals surface area contributed by atoms with E-state index in [-0.39, 0.29) is 5.91 Å². The summed E-state index contributed by atoms with van der Waals surface area (Å²) in [4.78, 5) is 30.2. The number of aromatic nitrogens is 5. The van der Waals surface area contributed by atoms with Crippen LogP contribution >= 0.6 is 0 Å². The molecule has 2 saturated heterocycles. The second-order valence-corrected chi connectivity index (χ2v) is 8.00. The van der Waals surface area contributed by atoms with Crippen molar-refractivity contribution in [1.82, 2.24) is 29.9 Å². The number of para-hydroxylation sites is 1. The number of carbonyl (C=O) groups excluding carboxylic acids is 1. The van der Waals surface area contributed by atoms with Gasteiger partial charge in [0.1, 0.15) is 5.82 Å². The van der Waals surface area contributed by atoms with Crippen LogP contribution in [0, 0.1) is 6.92 Å². The molecular weight excluding hydrogens is 392 g/mol. The predicted molar refractivity (Wildman–Crippen MR) is 118 cm³/mol. The summed E-state index contributed by atoms with van der Waals surface area (Å²) in [6.45, 7) is 6.77. The standard InChI is InChI=1S/C22H26N8O/c1-17-15-20(25-22(24-17)29-9-5-6-10-29)27-11-13-28(14-12-27)21(31)19-16-23-30(26-19)18-7-3-2-4-8-18/h2-4,7-8,15-16H,5-6,9-14H2,1H3. The zero-order valence-corrected chi connectivity index (χ0v) is 17.7. The molecule has 0 N–H and O–H groups in total. The third-order valence-electron chi connectivity index (χ3n) is 5.81. The molecule has 1 aromatic carbocycles. The van der Waals surface area contributed by atoms with E-state index >= 15 is 0 Å². The number of piperazine rings is 1. The lowest BCUT2D eigenvalue weighted by molar-refractivity contribution is 0.0740. The minimum atomic E-state index is -0.0848. The highest BCUT2D eigenvalue weighted by Gasteiger charge is 2.26. The van der Waals surface area contributed by atoms with Crippen LogP contribution in [0.3, 0.4) is 0 Å². The van der Waals surface area contributed by atoms with Crippen LogP contribution in [-0.4, -0.2) is 75.0 Å². The molecule has 2 aliphatic heterocycles. The zero-order chi connectivity index (χ0) is 21.2. The van der Waals surface area contributed by atoms with Crippen molar-refractivity contribution in [1.29, 1.82) is 0 Å². The molecule has 4 heterocycles. The molecule has 0 atom stereocenters. The zero-order valence-electron chi connectivity index (χ0n) is 17.7. The Morgan fingerprint density at radius 1 is 0.903 bits per heavy atom. The summed E-state index contributed by atoms with van der Waals surface area (Å²) < 4.78 is 0. The van der Waals surface area contributed by atoms with Gasteiger partial charge in [0.2, 0.25) is 5.95 Å². The number of aryl methyl sites for hydroxylation is 1. The monoisotopic (exact) mass is 418 g/mol. The van der Waals surface area contributed by atoms with Crippen molar-refractivity contribution in [3.63, 3.8) is 0 Å². The largest absolute Gasteiger partial charge is 0.353 e. The lowest BCUT2D eigenvalue weighted by Gasteiger charge is -2.35. The van der Waals surface area contributed by atoms with E-state index in [0.717, 1.165) is 49.3 Å². The fraction of sp³-hybridized carbons (Fsp3) is 0.409. The normalized spacial score (nSPS) is 16.7. The Kier molecular flexibility index (Phi) is 5.23. The molecule has 0 bridgehead atoms. The molecule has 9 heteroatoms. The van der Waals surface area contributed by atoms with Gasteiger partial charge in [0.05, 0.1) is 11.9 Å². The number of benzene rings is 1.